The summed E-state index contributed by atoms with van der Waals surface area (Å²) in [5.41, 5.74) is -5.69. The average molecular weight is 687 g/mol. The lowest BCUT2D eigenvalue weighted by Gasteiger charge is -2.24. The summed E-state index contributed by atoms with van der Waals surface area (Å²) in [4.78, 5) is 12.7. The number of carbonyl (C=O) groups is 1. The largest absolute Gasteiger partial charge is 0.417 e. The second kappa shape index (κ2) is 12.5. The van der Waals surface area contributed by atoms with Crippen molar-refractivity contribution >= 4 is 58.1 Å². The standard InChI is InChI=1S/C26H13Cl4F10NO/c27-17-4-2-1-3-14(17)22(26(38,39)40)41-23(42)13-6-5-11(7-16(13)25(35,36)37)20(31)10-15(24(32,33)34)12-8-18(28)21(30)19(29)9-12/h1-10,15,22H,(H,41,42)/b20-10-. The fourth-order valence-electron chi connectivity index (χ4n) is 3.76. The Morgan fingerprint density at radius 2 is 1.33 bits per heavy atom. The molecule has 2 unspecified atom stereocenters. The van der Waals surface area contributed by atoms with Crippen molar-refractivity contribution in [2.24, 2.45) is 0 Å². The van der Waals surface area contributed by atoms with Crippen LogP contribution in [0.15, 0.2) is 60.7 Å². The second-order valence-electron chi connectivity index (χ2n) is 8.56. The van der Waals surface area contributed by atoms with Gasteiger partial charge in [0.25, 0.3) is 5.91 Å². The first kappa shape index (κ1) is 33.8. The molecule has 2 atom stereocenters. The Hall–Kier alpha value is -2.67. The number of allylic oxidation sites excluding steroid dienone is 1. The smallest absolute Gasteiger partial charge is 0.337 e. The first-order chi connectivity index (χ1) is 19.2. The van der Waals surface area contributed by atoms with E-state index in [9.17, 15) is 44.3 Å². The second-order valence-corrected chi connectivity index (χ2v) is 10.2. The molecule has 0 saturated heterocycles. The van der Waals surface area contributed by atoms with Crippen LogP contribution in [0.2, 0.25) is 20.1 Å². The van der Waals surface area contributed by atoms with Crippen molar-refractivity contribution in [3.8, 4) is 0 Å². The number of alkyl halides is 9. The van der Waals surface area contributed by atoms with E-state index < -0.39 is 85.1 Å². The minimum atomic E-state index is -5.44. The van der Waals surface area contributed by atoms with Crippen LogP contribution in [-0.4, -0.2) is 18.3 Å². The fourth-order valence-corrected chi connectivity index (χ4v) is 4.61. The summed E-state index contributed by atoms with van der Waals surface area (Å²) in [6.45, 7) is 0. The van der Waals surface area contributed by atoms with Gasteiger partial charge in [0.15, 0.2) is 6.04 Å². The van der Waals surface area contributed by atoms with Gasteiger partial charge < -0.3 is 5.32 Å². The molecule has 0 aromatic heterocycles. The van der Waals surface area contributed by atoms with Crippen LogP contribution in [0.25, 0.3) is 5.83 Å². The van der Waals surface area contributed by atoms with Crippen molar-refractivity contribution in [1.82, 2.24) is 5.32 Å². The molecular weight excluding hydrogens is 674 g/mol. The normalized spacial score (nSPS) is 14.5. The first-order valence-corrected chi connectivity index (χ1v) is 12.6. The highest BCUT2D eigenvalue weighted by atomic mass is 35.5. The topological polar surface area (TPSA) is 29.1 Å². The summed E-state index contributed by atoms with van der Waals surface area (Å²) < 4.78 is 139. The molecule has 42 heavy (non-hydrogen) atoms. The number of hydrogen-bond donors (Lipinski definition) is 1. The predicted molar refractivity (Wildman–Crippen MR) is 139 cm³/mol. The van der Waals surface area contributed by atoms with E-state index in [-0.39, 0.29) is 17.2 Å². The van der Waals surface area contributed by atoms with Crippen LogP contribution >= 0.6 is 46.4 Å². The van der Waals surface area contributed by atoms with E-state index >= 15 is 4.39 Å². The quantitative estimate of drug-likeness (QED) is 0.203. The lowest BCUT2D eigenvalue weighted by Crippen LogP contribution is -2.39. The molecular formula is C26H13Cl4F10NO. The summed E-state index contributed by atoms with van der Waals surface area (Å²) in [6.07, 6.45) is -15.9. The van der Waals surface area contributed by atoms with Crippen molar-refractivity contribution < 1.29 is 48.7 Å². The van der Waals surface area contributed by atoms with Gasteiger partial charge in [-0.2, -0.15) is 39.5 Å². The van der Waals surface area contributed by atoms with E-state index in [1.807, 2.05) is 0 Å². The molecule has 0 fully saturated rings. The molecule has 0 heterocycles. The minimum Gasteiger partial charge on any atom is -0.337 e. The average Bonchev–Trinajstić information content (AvgIpc) is 2.86. The Labute approximate surface area is 250 Å². The highest BCUT2D eigenvalue weighted by Gasteiger charge is 2.45. The SMILES string of the molecule is O=C(NC(c1ccccc1Cl)C(F)(F)F)c1ccc(/C(F)=C/C(c2cc(Cl)c(Cl)c(Cl)c2)C(F)(F)F)cc1C(F)(F)F. The lowest BCUT2D eigenvalue weighted by molar-refractivity contribution is -0.155. The molecule has 0 aliphatic heterocycles. The molecule has 1 amide bonds. The van der Waals surface area contributed by atoms with Crippen LogP contribution in [0.5, 0.6) is 0 Å². The molecule has 226 valence electrons. The van der Waals surface area contributed by atoms with Gasteiger partial charge in [-0.25, -0.2) is 4.39 Å². The van der Waals surface area contributed by atoms with Gasteiger partial charge in [-0.05, 0) is 42.0 Å². The number of hydrogen-bond acceptors (Lipinski definition) is 1. The highest BCUT2D eigenvalue weighted by Crippen LogP contribution is 2.43. The fraction of sp³-hybridized carbons (Fsp3) is 0.192. The van der Waals surface area contributed by atoms with E-state index in [4.69, 9.17) is 46.4 Å². The van der Waals surface area contributed by atoms with Gasteiger partial charge in [-0.3, -0.25) is 4.79 Å². The van der Waals surface area contributed by atoms with Crippen LogP contribution in [-0.2, 0) is 6.18 Å². The van der Waals surface area contributed by atoms with E-state index in [1.165, 1.54) is 11.4 Å². The van der Waals surface area contributed by atoms with Crippen molar-refractivity contribution in [1.29, 1.82) is 0 Å². The van der Waals surface area contributed by atoms with Crippen LogP contribution in [0.1, 0.15) is 44.6 Å². The summed E-state index contributed by atoms with van der Waals surface area (Å²) >= 11 is 23.0. The van der Waals surface area contributed by atoms with Gasteiger partial charge >= 0.3 is 18.5 Å². The van der Waals surface area contributed by atoms with Crippen molar-refractivity contribution in [3.05, 3.63) is 109 Å². The Kier molecular flexibility index (Phi) is 10.1. The van der Waals surface area contributed by atoms with Crippen molar-refractivity contribution in [2.45, 2.75) is 30.5 Å². The third kappa shape index (κ3) is 7.83. The maximum atomic E-state index is 15.1. The molecule has 1 N–H and O–H groups in total. The maximum absolute atomic E-state index is 15.1. The van der Waals surface area contributed by atoms with Gasteiger partial charge in [0.05, 0.1) is 26.2 Å². The number of benzene rings is 3. The molecule has 3 aromatic carbocycles. The zero-order chi connectivity index (χ0) is 31.8. The Morgan fingerprint density at radius 3 is 1.83 bits per heavy atom. The number of nitrogens with one attached hydrogen (secondary N) is 1. The Bertz CT molecular complexity index is 1490. The summed E-state index contributed by atoms with van der Waals surface area (Å²) in [6, 6.07) is 3.86. The van der Waals surface area contributed by atoms with Gasteiger partial charge in [0.1, 0.15) is 11.7 Å². The minimum absolute atomic E-state index is 0.00586. The van der Waals surface area contributed by atoms with E-state index in [0.717, 1.165) is 30.3 Å². The van der Waals surface area contributed by atoms with Gasteiger partial charge in [0, 0.05) is 16.1 Å². The molecule has 3 rings (SSSR count). The van der Waals surface area contributed by atoms with E-state index in [1.54, 1.807) is 0 Å². The maximum Gasteiger partial charge on any atom is 0.417 e. The number of amides is 1. The Balaban J connectivity index is 2.07. The first-order valence-electron chi connectivity index (χ1n) is 11.1. The molecule has 0 bridgehead atoms. The van der Waals surface area contributed by atoms with Crippen LogP contribution in [0.4, 0.5) is 43.9 Å². The van der Waals surface area contributed by atoms with Crippen molar-refractivity contribution in [2.75, 3.05) is 0 Å². The molecule has 0 radical (unpaired) electrons. The summed E-state index contributed by atoms with van der Waals surface area (Å²) in [5, 5.41) is -0.120. The molecule has 16 heteroatoms. The van der Waals surface area contributed by atoms with E-state index in [2.05, 4.69) is 0 Å². The number of carbonyl (C=O) groups excluding carboxylic acids is 1. The molecule has 0 aliphatic carbocycles. The summed E-state index contributed by atoms with van der Waals surface area (Å²) in [7, 11) is 0. The predicted octanol–water partition coefficient (Wildman–Crippen LogP) is 11.0. The number of rotatable bonds is 6. The lowest BCUT2D eigenvalue weighted by atomic mass is 9.95. The van der Waals surface area contributed by atoms with E-state index in [0.29, 0.717) is 12.1 Å². The molecule has 3 aromatic rings. The molecule has 0 spiro atoms. The van der Waals surface area contributed by atoms with Gasteiger partial charge in [-0.1, -0.05) is 70.7 Å². The van der Waals surface area contributed by atoms with Gasteiger partial charge in [0.2, 0.25) is 0 Å². The zero-order valence-corrected chi connectivity index (χ0v) is 23.2. The van der Waals surface area contributed by atoms with Crippen LogP contribution in [0.3, 0.4) is 0 Å². The molecule has 2 nitrogen and oxygen atoms in total. The Morgan fingerprint density at radius 1 is 0.762 bits per heavy atom. The van der Waals surface area contributed by atoms with Crippen LogP contribution < -0.4 is 5.32 Å². The molecule has 0 aliphatic rings. The third-order valence-electron chi connectivity index (χ3n) is 5.70. The zero-order valence-electron chi connectivity index (χ0n) is 20.1. The molecule has 0 saturated carbocycles. The highest BCUT2D eigenvalue weighted by molar-refractivity contribution is 6.48. The third-order valence-corrected chi connectivity index (χ3v) is 7.24. The van der Waals surface area contributed by atoms with Crippen LogP contribution in [0, 0.1) is 0 Å². The van der Waals surface area contributed by atoms with Crippen molar-refractivity contribution in [3.63, 3.8) is 0 Å². The monoisotopic (exact) mass is 685 g/mol. The summed E-state index contributed by atoms with van der Waals surface area (Å²) in [5.74, 6) is -6.43. The number of halogens is 14. The van der Waals surface area contributed by atoms with Gasteiger partial charge in [-0.15, -0.1) is 0 Å².